The Labute approximate surface area is 246 Å². The molecule has 2 saturated heterocycles. The highest BCUT2D eigenvalue weighted by Gasteiger charge is 2.72. The monoisotopic (exact) mass is 576 g/mol. The molecule has 216 valence electrons. The molecule has 8 nitrogen and oxygen atoms in total. The van der Waals surface area contributed by atoms with Crippen LogP contribution in [0.3, 0.4) is 0 Å². The summed E-state index contributed by atoms with van der Waals surface area (Å²) < 4.78 is 6.47. The number of likely N-dealkylation sites (N-methyl/N-ethyl adjacent to an activating group) is 1. The van der Waals surface area contributed by atoms with Crippen molar-refractivity contribution >= 4 is 35.0 Å². The summed E-state index contributed by atoms with van der Waals surface area (Å²) in [6.07, 6.45) is 8.38. The fraction of sp³-hybridized carbons (Fsp3) is 0.469. The molecule has 0 unspecified atom stereocenters. The van der Waals surface area contributed by atoms with E-state index in [1.807, 2.05) is 37.4 Å². The minimum atomic E-state index is -1.17. The molecule has 0 radical (unpaired) electrons. The largest absolute Gasteiger partial charge is 0.359 e. The molecule has 3 heterocycles. The third-order valence-corrected chi connectivity index (χ3v) is 9.26. The maximum atomic E-state index is 14.2. The number of hydrogen-bond donors (Lipinski definition) is 2. The summed E-state index contributed by atoms with van der Waals surface area (Å²) in [6.45, 7) is 1.66. The van der Waals surface area contributed by atoms with Crippen molar-refractivity contribution in [2.24, 2.45) is 11.8 Å². The van der Waals surface area contributed by atoms with Crippen LogP contribution in [0.4, 0.5) is 5.69 Å². The molecule has 1 aliphatic carbocycles. The Bertz CT molecular complexity index is 1310. The van der Waals surface area contributed by atoms with Gasteiger partial charge in [-0.25, -0.2) is 0 Å². The van der Waals surface area contributed by atoms with Gasteiger partial charge in [-0.15, -0.1) is 0 Å². The highest BCUT2D eigenvalue weighted by Crippen LogP contribution is 2.55. The molecule has 2 bridgehead atoms. The van der Waals surface area contributed by atoms with Crippen LogP contribution in [0.1, 0.15) is 37.7 Å². The Kier molecular flexibility index (Phi) is 7.90. The van der Waals surface area contributed by atoms with Crippen molar-refractivity contribution in [3.05, 3.63) is 77.3 Å². The Morgan fingerprint density at radius 3 is 2.51 bits per heavy atom. The van der Waals surface area contributed by atoms with Gasteiger partial charge in [0.25, 0.3) is 0 Å². The molecule has 0 aromatic heterocycles. The zero-order valence-corrected chi connectivity index (χ0v) is 24.1. The Hall–Kier alpha value is -3.20. The molecule has 2 aromatic carbocycles. The average Bonchev–Trinajstić information content (AvgIpc) is 3.61. The van der Waals surface area contributed by atoms with Gasteiger partial charge in [-0.1, -0.05) is 73.3 Å². The summed E-state index contributed by atoms with van der Waals surface area (Å²) in [5.41, 5.74) is 0.603. The number of hydrogen-bond acceptors (Lipinski definition) is 5. The zero-order valence-electron chi connectivity index (χ0n) is 23.3. The lowest BCUT2D eigenvalue weighted by atomic mass is 9.74. The third kappa shape index (κ3) is 5.41. The SMILES string of the molecule is CN(CCN1C(=O)[C@@H]2[C@H](C(=O)Nc3ccc(Cl)cc3)[C@@H]3C=C[C@@]2(O3)[C@H]1C(=O)NC1CCCCC1)Cc1ccccc1. The lowest BCUT2D eigenvalue weighted by Gasteiger charge is -2.34. The van der Waals surface area contributed by atoms with Crippen LogP contribution in [0.5, 0.6) is 0 Å². The fourth-order valence-corrected chi connectivity index (χ4v) is 7.17. The Morgan fingerprint density at radius 2 is 1.78 bits per heavy atom. The number of rotatable bonds is 9. The molecule has 2 aromatic rings. The fourth-order valence-electron chi connectivity index (χ4n) is 7.05. The number of anilines is 1. The molecule has 3 fully saturated rings. The van der Waals surface area contributed by atoms with Gasteiger partial charge in [-0.05, 0) is 49.7 Å². The van der Waals surface area contributed by atoms with Crippen molar-refractivity contribution in [2.45, 2.75) is 62.4 Å². The van der Waals surface area contributed by atoms with Crippen LogP contribution in [0.25, 0.3) is 0 Å². The van der Waals surface area contributed by atoms with Crippen molar-refractivity contribution in [1.29, 1.82) is 0 Å². The summed E-state index contributed by atoms with van der Waals surface area (Å²) >= 11 is 6.01. The van der Waals surface area contributed by atoms with Crippen molar-refractivity contribution in [1.82, 2.24) is 15.1 Å². The molecule has 3 aliphatic heterocycles. The van der Waals surface area contributed by atoms with Crippen LogP contribution in [-0.2, 0) is 25.7 Å². The number of likely N-dealkylation sites (tertiary alicyclic amines) is 1. The molecule has 6 rings (SSSR count). The maximum Gasteiger partial charge on any atom is 0.246 e. The van der Waals surface area contributed by atoms with Crippen molar-refractivity contribution in [3.8, 4) is 0 Å². The van der Waals surface area contributed by atoms with E-state index in [0.717, 1.165) is 32.2 Å². The van der Waals surface area contributed by atoms with Gasteiger partial charge >= 0.3 is 0 Å². The van der Waals surface area contributed by atoms with Crippen LogP contribution in [-0.4, -0.2) is 71.4 Å². The molecular weight excluding hydrogens is 540 g/mol. The first-order valence-corrected chi connectivity index (χ1v) is 15.0. The molecule has 9 heteroatoms. The van der Waals surface area contributed by atoms with Crippen molar-refractivity contribution in [3.63, 3.8) is 0 Å². The number of nitrogens with one attached hydrogen (secondary N) is 2. The third-order valence-electron chi connectivity index (χ3n) is 9.01. The Morgan fingerprint density at radius 1 is 1.05 bits per heavy atom. The van der Waals surface area contributed by atoms with E-state index in [4.69, 9.17) is 16.3 Å². The lowest BCUT2D eigenvalue weighted by molar-refractivity contribution is -0.141. The minimum absolute atomic E-state index is 0.0935. The number of nitrogens with zero attached hydrogens (tertiary/aromatic N) is 2. The van der Waals surface area contributed by atoms with Gasteiger partial charge in [0.1, 0.15) is 11.6 Å². The van der Waals surface area contributed by atoms with Crippen LogP contribution in [0.2, 0.25) is 5.02 Å². The second-order valence-corrected chi connectivity index (χ2v) is 12.2. The quantitative estimate of drug-likeness (QED) is 0.440. The van der Waals surface area contributed by atoms with Crippen molar-refractivity contribution < 1.29 is 19.1 Å². The van der Waals surface area contributed by atoms with Gasteiger partial charge in [0.05, 0.1) is 17.9 Å². The first-order valence-electron chi connectivity index (χ1n) is 14.6. The molecule has 4 aliphatic rings. The van der Waals surface area contributed by atoms with Crippen LogP contribution in [0, 0.1) is 11.8 Å². The maximum absolute atomic E-state index is 14.2. The smallest absolute Gasteiger partial charge is 0.246 e. The number of amides is 3. The Balaban J connectivity index is 1.24. The molecule has 41 heavy (non-hydrogen) atoms. The van der Waals surface area contributed by atoms with Gasteiger partial charge in [0, 0.05) is 36.4 Å². The van der Waals surface area contributed by atoms with Gasteiger partial charge in [0.15, 0.2) is 0 Å². The van der Waals surface area contributed by atoms with Gasteiger partial charge in [-0.2, -0.15) is 0 Å². The van der Waals surface area contributed by atoms with E-state index >= 15 is 0 Å². The summed E-state index contributed by atoms with van der Waals surface area (Å²) in [5.74, 6) is -2.20. The predicted molar refractivity (Wildman–Crippen MR) is 157 cm³/mol. The molecule has 1 spiro atoms. The number of benzene rings is 2. The number of carbonyl (C=O) groups is 3. The number of carbonyl (C=O) groups excluding carboxylic acids is 3. The second-order valence-electron chi connectivity index (χ2n) is 11.8. The van der Waals surface area contributed by atoms with Gasteiger partial charge in [0.2, 0.25) is 17.7 Å². The van der Waals surface area contributed by atoms with E-state index in [-0.39, 0.29) is 23.8 Å². The first kappa shape index (κ1) is 27.9. The van der Waals surface area contributed by atoms with E-state index in [1.165, 1.54) is 12.0 Å². The van der Waals surface area contributed by atoms with Gasteiger partial charge in [-0.3, -0.25) is 14.4 Å². The van der Waals surface area contributed by atoms with E-state index in [0.29, 0.717) is 23.8 Å². The summed E-state index contributed by atoms with van der Waals surface area (Å²) in [7, 11) is 2.01. The lowest BCUT2D eigenvalue weighted by Crippen LogP contribution is -2.57. The highest BCUT2D eigenvalue weighted by molar-refractivity contribution is 6.30. The summed E-state index contributed by atoms with van der Waals surface area (Å²) in [5, 5.41) is 6.75. The predicted octanol–water partition coefficient (Wildman–Crippen LogP) is 4.01. The molecular formula is C32H37ClN4O4. The summed E-state index contributed by atoms with van der Waals surface area (Å²) in [4.78, 5) is 45.6. The van der Waals surface area contributed by atoms with E-state index in [9.17, 15) is 14.4 Å². The normalized spacial score (nSPS) is 28.8. The molecule has 2 N–H and O–H groups in total. The highest BCUT2D eigenvalue weighted by atomic mass is 35.5. The molecule has 1 saturated carbocycles. The van der Waals surface area contributed by atoms with Crippen molar-refractivity contribution in [2.75, 3.05) is 25.5 Å². The van der Waals surface area contributed by atoms with E-state index in [2.05, 4.69) is 27.7 Å². The first-order chi connectivity index (χ1) is 19.9. The zero-order chi connectivity index (χ0) is 28.6. The van der Waals surface area contributed by atoms with E-state index < -0.39 is 29.6 Å². The number of halogens is 1. The average molecular weight is 577 g/mol. The van der Waals surface area contributed by atoms with Crippen LogP contribution >= 0.6 is 11.6 Å². The standard InChI is InChI=1S/C32H37ClN4O4/c1-36(20-21-8-4-2-5-9-21)18-19-37-28(30(39)35-23-10-6-3-7-11-23)32-17-16-25(41-32)26(27(32)31(37)40)29(38)34-24-14-12-22(33)13-15-24/h2,4-5,8-9,12-17,23,25-28H,3,6-7,10-11,18-20H2,1H3,(H,34,38)(H,35,39)/t25-,26+,27-,28+,32-/m0/s1. The molecule has 5 atom stereocenters. The molecule has 3 amide bonds. The van der Waals surface area contributed by atoms with Crippen LogP contribution < -0.4 is 10.6 Å². The second kappa shape index (κ2) is 11.6. The topological polar surface area (TPSA) is 91.0 Å². The number of ether oxygens (including phenoxy) is 1. The van der Waals surface area contributed by atoms with Gasteiger partial charge < -0.3 is 25.2 Å². The summed E-state index contributed by atoms with van der Waals surface area (Å²) in [6, 6.07) is 16.3. The van der Waals surface area contributed by atoms with E-state index in [1.54, 1.807) is 29.2 Å². The minimum Gasteiger partial charge on any atom is -0.359 e. The number of fused-ring (bicyclic) bond motifs is 1. The van der Waals surface area contributed by atoms with Crippen LogP contribution in [0.15, 0.2) is 66.7 Å².